The lowest BCUT2D eigenvalue weighted by Gasteiger charge is -2.12. The normalized spacial score (nSPS) is 20.9. The molecule has 0 unspecified atom stereocenters. The van der Waals surface area contributed by atoms with Crippen molar-refractivity contribution in [1.82, 2.24) is 4.72 Å². The lowest BCUT2D eigenvalue weighted by atomic mass is 10.1. The van der Waals surface area contributed by atoms with Crippen LogP contribution in [0.2, 0.25) is 0 Å². The number of sulfonamides is 1. The number of hydrogen-bond acceptors (Lipinski definition) is 5. The predicted octanol–water partition coefficient (Wildman–Crippen LogP) is 2.02. The zero-order valence-corrected chi connectivity index (χ0v) is 14.0. The molecule has 7 heteroatoms. The predicted molar refractivity (Wildman–Crippen MR) is 84.0 cm³/mol. The van der Waals surface area contributed by atoms with Gasteiger partial charge in [-0.2, -0.15) is 5.26 Å². The van der Waals surface area contributed by atoms with Crippen LogP contribution >= 0.6 is 0 Å². The minimum absolute atomic E-state index is 0.0158. The number of nitrogens with one attached hydrogen (secondary N) is 1. The summed E-state index contributed by atoms with van der Waals surface area (Å²) in [4.78, 5) is 11.9. The molecule has 1 heterocycles. The fourth-order valence-electron chi connectivity index (χ4n) is 2.60. The van der Waals surface area contributed by atoms with Gasteiger partial charge in [0.05, 0.1) is 28.7 Å². The van der Waals surface area contributed by atoms with E-state index in [1.165, 1.54) is 12.1 Å². The van der Waals surface area contributed by atoms with Gasteiger partial charge in [-0.15, -0.1) is 0 Å². The lowest BCUT2D eigenvalue weighted by Crippen LogP contribution is -2.31. The molecule has 2 atom stereocenters. The van der Waals surface area contributed by atoms with Crippen LogP contribution in [0.25, 0.3) is 0 Å². The van der Waals surface area contributed by atoms with Gasteiger partial charge in [-0.05, 0) is 50.8 Å². The number of amides is 1. The smallest absolute Gasteiger partial charge is 0.264 e. The van der Waals surface area contributed by atoms with Gasteiger partial charge in [-0.3, -0.25) is 4.79 Å². The molecule has 1 aromatic carbocycles. The molecule has 0 aliphatic carbocycles. The van der Waals surface area contributed by atoms with Gasteiger partial charge < -0.3 is 4.74 Å². The first kappa shape index (κ1) is 17.4. The van der Waals surface area contributed by atoms with Gasteiger partial charge in [0.25, 0.3) is 10.0 Å². The van der Waals surface area contributed by atoms with Gasteiger partial charge >= 0.3 is 0 Å². The van der Waals surface area contributed by atoms with Crippen LogP contribution in [0.15, 0.2) is 23.1 Å². The Morgan fingerprint density at radius 1 is 1.43 bits per heavy atom. The molecule has 0 radical (unpaired) electrons. The van der Waals surface area contributed by atoms with E-state index in [1.807, 2.05) is 13.0 Å². The van der Waals surface area contributed by atoms with Crippen molar-refractivity contribution in [2.24, 2.45) is 0 Å². The van der Waals surface area contributed by atoms with Gasteiger partial charge in [0.2, 0.25) is 5.91 Å². The summed E-state index contributed by atoms with van der Waals surface area (Å²) in [6, 6.07) is 6.25. The molecule has 1 fully saturated rings. The van der Waals surface area contributed by atoms with E-state index in [4.69, 9.17) is 10.00 Å². The summed E-state index contributed by atoms with van der Waals surface area (Å²) in [5.74, 6) is -0.560. The Kier molecular flexibility index (Phi) is 5.39. The SMILES string of the molecule is Cc1ccc(C#N)cc1S(=O)(=O)NC(=O)CC[C@@H]1CC[C@H](C)O1. The number of hydrogen-bond donors (Lipinski definition) is 1. The van der Waals surface area contributed by atoms with Gasteiger partial charge in [0.1, 0.15) is 0 Å². The quantitative estimate of drug-likeness (QED) is 0.887. The van der Waals surface area contributed by atoms with Crippen LogP contribution in [0.1, 0.15) is 43.7 Å². The minimum Gasteiger partial charge on any atom is -0.375 e. The Hall–Kier alpha value is -1.91. The molecule has 23 heavy (non-hydrogen) atoms. The highest BCUT2D eigenvalue weighted by Crippen LogP contribution is 2.23. The van der Waals surface area contributed by atoms with Gasteiger partial charge in [0.15, 0.2) is 0 Å². The van der Waals surface area contributed by atoms with Crippen LogP contribution in [0.5, 0.6) is 0 Å². The third-order valence-electron chi connectivity index (χ3n) is 3.87. The number of nitriles is 1. The van der Waals surface area contributed by atoms with E-state index < -0.39 is 15.9 Å². The molecule has 1 aliphatic rings. The Morgan fingerprint density at radius 3 is 2.78 bits per heavy atom. The van der Waals surface area contributed by atoms with E-state index >= 15 is 0 Å². The van der Waals surface area contributed by atoms with Crippen molar-refractivity contribution in [2.45, 2.75) is 56.6 Å². The summed E-state index contributed by atoms with van der Waals surface area (Å²) in [6.07, 6.45) is 2.66. The fourth-order valence-corrected chi connectivity index (χ4v) is 3.89. The summed E-state index contributed by atoms with van der Waals surface area (Å²) >= 11 is 0. The van der Waals surface area contributed by atoms with Crippen LogP contribution in [0.4, 0.5) is 0 Å². The van der Waals surface area contributed by atoms with Crippen molar-refractivity contribution in [1.29, 1.82) is 5.26 Å². The Morgan fingerprint density at radius 2 is 2.17 bits per heavy atom. The first-order chi connectivity index (χ1) is 10.8. The summed E-state index contributed by atoms with van der Waals surface area (Å²) in [5.41, 5.74) is 0.717. The molecule has 0 spiro atoms. The molecule has 1 saturated heterocycles. The summed E-state index contributed by atoms with van der Waals surface area (Å²) in [7, 11) is -3.97. The first-order valence-corrected chi connectivity index (χ1v) is 9.02. The van der Waals surface area contributed by atoms with Crippen molar-refractivity contribution >= 4 is 15.9 Å². The van der Waals surface area contributed by atoms with Crippen molar-refractivity contribution in [3.63, 3.8) is 0 Å². The minimum atomic E-state index is -3.97. The molecule has 6 nitrogen and oxygen atoms in total. The Bertz CT molecular complexity index is 737. The Labute approximate surface area is 136 Å². The van der Waals surface area contributed by atoms with Crippen LogP contribution in [0.3, 0.4) is 0 Å². The van der Waals surface area contributed by atoms with E-state index in [1.54, 1.807) is 13.0 Å². The maximum atomic E-state index is 12.3. The van der Waals surface area contributed by atoms with E-state index in [2.05, 4.69) is 4.72 Å². The van der Waals surface area contributed by atoms with Crippen LogP contribution in [-0.4, -0.2) is 26.5 Å². The van der Waals surface area contributed by atoms with Gasteiger partial charge in [0, 0.05) is 6.42 Å². The second-order valence-electron chi connectivity index (χ2n) is 5.81. The molecular formula is C16H20N2O4S. The van der Waals surface area contributed by atoms with Crippen LogP contribution < -0.4 is 4.72 Å². The molecule has 1 amide bonds. The highest BCUT2D eigenvalue weighted by molar-refractivity contribution is 7.90. The number of aryl methyl sites for hydroxylation is 1. The Balaban J connectivity index is 2.00. The maximum absolute atomic E-state index is 12.3. The monoisotopic (exact) mass is 336 g/mol. The molecule has 0 bridgehead atoms. The maximum Gasteiger partial charge on any atom is 0.264 e. The van der Waals surface area contributed by atoms with Crippen molar-refractivity contribution in [2.75, 3.05) is 0 Å². The third kappa shape index (κ3) is 4.53. The topological polar surface area (TPSA) is 96.3 Å². The largest absolute Gasteiger partial charge is 0.375 e. The molecular weight excluding hydrogens is 316 g/mol. The van der Waals surface area contributed by atoms with E-state index in [0.29, 0.717) is 12.0 Å². The number of rotatable bonds is 5. The molecule has 2 rings (SSSR count). The molecule has 0 aromatic heterocycles. The first-order valence-electron chi connectivity index (χ1n) is 7.53. The summed E-state index contributed by atoms with van der Waals surface area (Å²) in [6.45, 7) is 3.60. The second-order valence-corrected chi connectivity index (χ2v) is 7.46. The molecule has 1 aromatic rings. The van der Waals surface area contributed by atoms with E-state index in [-0.39, 0.29) is 29.1 Å². The number of carbonyl (C=O) groups is 1. The standard InChI is InChI=1S/C16H20N2O4S/c1-11-3-5-13(10-17)9-15(11)23(20,21)18-16(19)8-7-14-6-4-12(2)22-14/h3,5,9,12,14H,4,6-8H2,1-2H3,(H,18,19)/t12-,14-/m0/s1. The van der Waals surface area contributed by atoms with Crippen LogP contribution in [0, 0.1) is 18.3 Å². The van der Waals surface area contributed by atoms with Crippen molar-refractivity contribution in [3.8, 4) is 6.07 Å². The van der Waals surface area contributed by atoms with Crippen molar-refractivity contribution < 1.29 is 17.9 Å². The second kappa shape index (κ2) is 7.11. The van der Waals surface area contributed by atoms with Gasteiger partial charge in [-0.1, -0.05) is 6.07 Å². The molecule has 1 aliphatic heterocycles. The van der Waals surface area contributed by atoms with E-state index in [0.717, 1.165) is 12.8 Å². The highest BCUT2D eigenvalue weighted by atomic mass is 32.2. The average Bonchev–Trinajstić information content (AvgIpc) is 2.90. The van der Waals surface area contributed by atoms with Crippen LogP contribution in [-0.2, 0) is 19.6 Å². The van der Waals surface area contributed by atoms with Gasteiger partial charge in [-0.25, -0.2) is 13.1 Å². The lowest BCUT2D eigenvalue weighted by molar-refractivity contribution is -0.120. The third-order valence-corrected chi connectivity index (χ3v) is 5.38. The summed E-state index contributed by atoms with van der Waals surface area (Å²) < 4.78 is 32.3. The molecule has 124 valence electrons. The zero-order chi connectivity index (χ0) is 17.0. The molecule has 1 N–H and O–H groups in total. The van der Waals surface area contributed by atoms with Crippen molar-refractivity contribution in [3.05, 3.63) is 29.3 Å². The number of benzene rings is 1. The highest BCUT2D eigenvalue weighted by Gasteiger charge is 2.24. The fraction of sp³-hybridized carbons (Fsp3) is 0.500. The number of ether oxygens (including phenoxy) is 1. The average molecular weight is 336 g/mol. The zero-order valence-electron chi connectivity index (χ0n) is 13.2. The summed E-state index contributed by atoms with van der Waals surface area (Å²) in [5, 5.41) is 8.88. The number of nitrogens with zero attached hydrogens (tertiary/aromatic N) is 1. The van der Waals surface area contributed by atoms with E-state index in [9.17, 15) is 13.2 Å². The molecule has 0 saturated carbocycles. The number of carbonyl (C=O) groups excluding carboxylic acids is 1.